The highest BCUT2D eigenvalue weighted by Gasteiger charge is 2.45. The summed E-state index contributed by atoms with van der Waals surface area (Å²) in [5, 5.41) is 8.44. The molecule has 0 saturated carbocycles. The maximum Gasteiger partial charge on any atom is 0.327 e. The number of carboxylic acids is 1. The average molecular weight is 346 g/mol. The van der Waals surface area contributed by atoms with Crippen molar-refractivity contribution in [1.29, 1.82) is 0 Å². The topological polar surface area (TPSA) is 74.7 Å². The van der Waals surface area contributed by atoms with E-state index in [0.29, 0.717) is 5.56 Å². The number of nitrogens with zero attached hydrogens (tertiary/aromatic N) is 1. The number of aliphatic carboxylic acids is 1. The average Bonchev–Trinajstić information content (AvgIpc) is 2.68. The fourth-order valence-corrected chi connectivity index (χ4v) is 4.20. The molecule has 0 radical (unpaired) electrons. The van der Waals surface area contributed by atoms with E-state index in [-0.39, 0.29) is 11.7 Å². The highest BCUT2D eigenvalue weighted by atomic mass is 79.9. The van der Waals surface area contributed by atoms with Crippen LogP contribution in [0.5, 0.6) is 0 Å². The summed E-state index contributed by atoms with van der Waals surface area (Å²) in [6.45, 7) is 1.30. The van der Waals surface area contributed by atoms with Crippen molar-refractivity contribution in [2.24, 2.45) is 0 Å². The number of carbonyl (C=O) groups is 2. The second-order valence-corrected chi connectivity index (χ2v) is 6.69. The van der Waals surface area contributed by atoms with Gasteiger partial charge in [0.25, 0.3) is 0 Å². The predicted octanol–water partition coefficient (Wildman–Crippen LogP) is 1.51. The zero-order valence-electron chi connectivity index (χ0n) is 10.1. The molecule has 3 atom stereocenters. The zero-order chi connectivity index (χ0) is 14.2. The Balaban J connectivity index is 2.42. The van der Waals surface area contributed by atoms with Crippen molar-refractivity contribution < 1.29 is 18.9 Å². The zero-order valence-corrected chi connectivity index (χ0v) is 12.5. The molecular formula is C12H12BrNO4S. The van der Waals surface area contributed by atoms with Crippen LogP contribution in [0.15, 0.2) is 28.7 Å². The van der Waals surface area contributed by atoms with Gasteiger partial charge in [-0.25, -0.2) is 4.79 Å². The standard InChI is InChI=1S/C12H12BrNO4S/c1-7(15)14-10(12(16)17)6-19(18)11(14)8-2-4-9(13)5-3-8/h2-5,10-11H,6H2,1H3,(H,16,17)/t10-,11+,19-/m1/s1. The fourth-order valence-electron chi connectivity index (χ4n) is 2.13. The Morgan fingerprint density at radius 1 is 1.37 bits per heavy atom. The van der Waals surface area contributed by atoms with Crippen LogP contribution in [0.2, 0.25) is 0 Å². The van der Waals surface area contributed by atoms with E-state index in [2.05, 4.69) is 15.9 Å². The molecule has 1 aromatic carbocycles. The second kappa shape index (κ2) is 5.42. The molecule has 1 fully saturated rings. The first-order valence-corrected chi connectivity index (χ1v) is 7.73. The van der Waals surface area contributed by atoms with Gasteiger partial charge in [0.15, 0.2) is 0 Å². The summed E-state index contributed by atoms with van der Waals surface area (Å²) in [7, 11) is -1.41. The van der Waals surface area contributed by atoms with Crippen LogP contribution in [-0.2, 0) is 20.4 Å². The largest absolute Gasteiger partial charge is 0.480 e. The van der Waals surface area contributed by atoms with Crippen LogP contribution in [0.25, 0.3) is 0 Å². The first-order chi connectivity index (χ1) is 8.91. The lowest BCUT2D eigenvalue weighted by molar-refractivity contribution is -0.148. The van der Waals surface area contributed by atoms with Crippen LogP contribution in [0.3, 0.4) is 0 Å². The summed E-state index contributed by atoms with van der Waals surface area (Å²) >= 11 is 3.30. The van der Waals surface area contributed by atoms with Crippen molar-refractivity contribution in [2.75, 3.05) is 5.75 Å². The van der Waals surface area contributed by atoms with Gasteiger partial charge in [0.2, 0.25) is 5.91 Å². The van der Waals surface area contributed by atoms with Gasteiger partial charge in [0.1, 0.15) is 11.4 Å². The third kappa shape index (κ3) is 2.71. The molecule has 1 aliphatic rings. The molecule has 1 saturated heterocycles. The highest BCUT2D eigenvalue weighted by Crippen LogP contribution is 2.34. The lowest BCUT2D eigenvalue weighted by Crippen LogP contribution is -2.41. The molecule has 2 rings (SSSR count). The Morgan fingerprint density at radius 2 is 1.95 bits per heavy atom. The molecule has 0 bridgehead atoms. The Hall–Kier alpha value is -1.21. The van der Waals surface area contributed by atoms with Gasteiger partial charge in [0.05, 0.1) is 16.6 Å². The lowest BCUT2D eigenvalue weighted by Gasteiger charge is -2.25. The van der Waals surface area contributed by atoms with Gasteiger partial charge in [-0.3, -0.25) is 9.00 Å². The first kappa shape index (κ1) is 14.2. The van der Waals surface area contributed by atoms with Gasteiger partial charge in [-0.1, -0.05) is 28.1 Å². The van der Waals surface area contributed by atoms with Crippen LogP contribution >= 0.6 is 15.9 Å². The molecule has 1 aromatic rings. The number of rotatable bonds is 2. The molecule has 5 nitrogen and oxygen atoms in total. The Kier molecular flexibility index (Phi) is 4.05. The van der Waals surface area contributed by atoms with Crippen LogP contribution in [0.1, 0.15) is 17.9 Å². The summed E-state index contributed by atoms with van der Waals surface area (Å²) in [5.74, 6) is -1.54. The van der Waals surface area contributed by atoms with Crippen LogP contribution in [0.4, 0.5) is 0 Å². The Labute approximate surface area is 121 Å². The van der Waals surface area contributed by atoms with Crippen molar-refractivity contribution >= 4 is 38.6 Å². The summed E-state index contributed by atoms with van der Waals surface area (Å²) in [6.07, 6.45) is 0. The van der Waals surface area contributed by atoms with Gasteiger partial charge >= 0.3 is 5.97 Å². The van der Waals surface area contributed by atoms with Crippen LogP contribution in [0, 0.1) is 0 Å². The number of benzene rings is 1. The summed E-state index contributed by atoms with van der Waals surface area (Å²) in [4.78, 5) is 24.0. The van der Waals surface area contributed by atoms with Gasteiger partial charge in [-0.15, -0.1) is 0 Å². The number of carboxylic acid groups (broad SMARTS) is 1. The molecule has 1 aliphatic heterocycles. The van der Waals surface area contributed by atoms with E-state index in [1.807, 2.05) is 0 Å². The molecule has 0 unspecified atom stereocenters. The summed E-state index contributed by atoms with van der Waals surface area (Å²) in [5.41, 5.74) is 0.681. The van der Waals surface area contributed by atoms with Gasteiger partial charge < -0.3 is 10.0 Å². The smallest absolute Gasteiger partial charge is 0.327 e. The minimum absolute atomic E-state index is 0.0321. The quantitative estimate of drug-likeness (QED) is 0.881. The van der Waals surface area contributed by atoms with Gasteiger partial charge in [0, 0.05) is 11.4 Å². The van der Waals surface area contributed by atoms with Crippen molar-refractivity contribution in [1.82, 2.24) is 4.90 Å². The predicted molar refractivity (Wildman–Crippen MR) is 73.8 cm³/mol. The summed E-state index contributed by atoms with van der Waals surface area (Å²) in [6, 6.07) is 6.02. The molecule has 0 aromatic heterocycles. The van der Waals surface area contributed by atoms with Crippen molar-refractivity contribution in [3.8, 4) is 0 Å². The number of carbonyl (C=O) groups excluding carboxylic acids is 1. The Bertz CT molecular complexity index is 545. The van der Waals surface area contributed by atoms with Crippen molar-refractivity contribution in [2.45, 2.75) is 18.3 Å². The number of halogens is 1. The van der Waals surface area contributed by atoms with E-state index in [4.69, 9.17) is 5.11 Å². The number of amides is 1. The minimum atomic E-state index is -1.41. The normalized spacial score (nSPS) is 26.4. The molecule has 0 spiro atoms. The second-order valence-electron chi connectivity index (χ2n) is 4.23. The molecule has 0 aliphatic carbocycles. The SMILES string of the molecule is CC(=O)N1[C@@H](C(=O)O)C[S@@](=O)[C@H]1c1ccc(Br)cc1. The number of hydrogen-bond acceptors (Lipinski definition) is 3. The van der Waals surface area contributed by atoms with Crippen LogP contribution in [-0.4, -0.2) is 37.9 Å². The van der Waals surface area contributed by atoms with E-state index in [9.17, 15) is 13.8 Å². The molecule has 1 amide bonds. The molecule has 1 N–H and O–H groups in total. The molecule has 7 heteroatoms. The maximum atomic E-state index is 12.1. The van der Waals surface area contributed by atoms with E-state index >= 15 is 0 Å². The Morgan fingerprint density at radius 3 is 2.42 bits per heavy atom. The minimum Gasteiger partial charge on any atom is -0.480 e. The third-order valence-corrected chi connectivity index (χ3v) is 5.13. The monoisotopic (exact) mass is 345 g/mol. The highest BCUT2D eigenvalue weighted by molar-refractivity contribution is 9.10. The lowest BCUT2D eigenvalue weighted by atomic mass is 10.2. The van der Waals surface area contributed by atoms with Crippen LogP contribution < -0.4 is 0 Å². The van der Waals surface area contributed by atoms with E-state index in [1.165, 1.54) is 11.8 Å². The summed E-state index contributed by atoms with van der Waals surface area (Å²) < 4.78 is 13.0. The molecular weight excluding hydrogens is 334 g/mol. The van der Waals surface area contributed by atoms with Crippen molar-refractivity contribution in [3.05, 3.63) is 34.3 Å². The molecule has 19 heavy (non-hydrogen) atoms. The van der Waals surface area contributed by atoms with Gasteiger partial charge in [-0.05, 0) is 17.7 Å². The van der Waals surface area contributed by atoms with E-state index in [1.54, 1.807) is 24.3 Å². The molecule has 102 valence electrons. The van der Waals surface area contributed by atoms with Crippen molar-refractivity contribution in [3.63, 3.8) is 0 Å². The third-order valence-electron chi connectivity index (χ3n) is 2.96. The molecule has 1 heterocycles. The fraction of sp³-hybridized carbons (Fsp3) is 0.333. The number of hydrogen-bond donors (Lipinski definition) is 1. The van der Waals surface area contributed by atoms with Gasteiger partial charge in [-0.2, -0.15) is 0 Å². The van der Waals surface area contributed by atoms with E-state index in [0.717, 1.165) is 4.47 Å². The maximum absolute atomic E-state index is 12.1. The first-order valence-electron chi connectivity index (χ1n) is 5.56. The van der Waals surface area contributed by atoms with E-state index < -0.39 is 28.2 Å².